The van der Waals surface area contributed by atoms with Gasteiger partial charge in [0.1, 0.15) is 5.75 Å². The molecule has 1 aliphatic carbocycles. The molecule has 2 rings (SSSR count). The lowest BCUT2D eigenvalue weighted by Gasteiger charge is -2.14. The standard InChI is InChI=1S/C15H23NO/c1-11(2)13-5-4-12(14(10-13)17-3)6-7-15(16)8-9-15/h4-5,10-11H,6-9,16H2,1-3H3. The fraction of sp³-hybridized carbons (Fsp3) is 0.600. The minimum atomic E-state index is 0.127. The van der Waals surface area contributed by atoms with Crippen molar-refractivity contribution in [2.45, 2.75) is 51.0 Å². The molecule has 0 amide bonds. The van der Waals surface area contributed by atoms with Crippen LogP contribution in [0.15, 0.2) is 18.2 Å². The van der Waals surface area contributed by atoms with E-state index in [1.165, 1.54) is 24.0 Å². The van der Waals surface area contributed by atoms with Gasteiger partial charge in [-0.25, -0.2) is 0 Å². The maximum Gasteiger partial charge on any atom is 0.122 e. The molecule has 94 valence electrons. The monoisotopic (exact) mass is 233 g/mol. The van der Waals surface area contributed by atoms with Crippen LogP contribution < -0.4 is 10.5 Å². The molecule has 2 N–H and O–H groups in total. The summed E-state index contributed by atoms with van der Waals surface area (Å²) in [4.78, 5) is 0. The van der Waals surface area contributed by atoms with E-state index >= 15 is 0 Å². The molecular formula is C15H23NO. The first-order valence-corrected chi connectivity index (χ1v) is 6.50. The number of methoxy groups -OCH3 is 1. The molecule has 2 heteroatoms. The van der Waals surface area contributed by atoms with Gasteiger partial charge >= 0.3 is 0 Å². The summed E-state index contributed by atoms with van der Waals surface area (Å²) in [6.45, 7) is 4.40. The summed E-state index contributed by atoms with van der Waals surface area (Å²) in [5.41, 5.74) is 8.87. The second kappa shape index (κ2) is 4.69. The quantitative estimate of drug-likeness (QED) is 0.847. The van der Waals surface area contributed by atoms with E-state index in [1.807, 2.05) is 0 Å². The number of hydrogen-bond donors (Lipinski definition) is 1. The zero-order valence-corrected chi connectivity index (χ0v) is 11.1. The topological polar surface area (TPSA) is 35.2 Å². The predicted octanol–water partition coefficient (Wildman–Crippen LogP) is 3.24. The molecular weight excluding hydrogens is 210 g/mol. The summed E-state index contributed by atoms with van der Waals surface area (Å²) >= 11 is 0. The van der Waals surface area contributed by atoms with E-state index in [0.717, 1.165) is 18.6 Å². The molecule has 0 spiro atoms. The molecule has 0 radical (unpaired) electrons. The Labute approximate surface area is 104 Å². The Bertz CT molecular complexity index is 394. The molecule has 0 unspecified atom stereocenters. The lowest BCUT2D eigenvalue weighted by molar-refractivity contribution is 0.407. The Hall–Kier alpha value is -1.02. The summed E-state index contributed by atoms with van der Waals surface area (Å²) in [5, 5.41) is 0. The highest BCUT2D eigenvalue weighted by atomic mass is 16.5. The van der Waals surface area contributed by atoms with Gasteiger partial charge in [-0.3, -0.25) is 0 Å². The van der Waals surface area contributed by atoms with Crippen molar-refractivity contribution in [1.82, 2.24) is 0 Å². The van der Waals surface area contributed by atoms with Crippen molar-refractivity contribution in [2.75, 3.05) is 7.11 Å². The maximum absolute atomic E-state index is 6.12. The van der Waals surface area contributed by atoms with Gasteiger partial charge < -0.3 is 10.5 Å². The molecule has 1 aromatic carbocycles. The van der Waals surface area contributed by atoms with Crippen LogP contribution in [-0.4, -0.2) is 12.6 Å². The molecule has 1 aliphatic rings. The van der Waals surface area contributed by atoms with Gasteiger partial charge in [-0.15, -0.1) is 0 Å². The smallest absolute Gasteiger partial charge is 0.122 e. The minimum Gasteiger partial charge on any atom is -0.496 e. The van der Waals surface area contributed by atoms with Crippen LogP contribution in [0.25, 0.3) is 0 Å². The van der Waals surface area contributed by atoms with Gasteiger partial charge in [0.15, 0.2) is 0 Å². The Kier molecular flexibility index (Phi) is 3.43. The van der Waals surface area contributed by atoms with Gasteiger partial charge in [0, 0.05) is 5.54 Å². The van der Waals surface area contributed by atoms with Crippen LogP contribution in [-0.2, 0) is 6.42 Å². The first kappa shape index (κ1) is 12.4. The maximum atomic E-state index is 6.12. The Balaban J connectivity index is 2.10. The summed E-state index contributed by atoms with van der Waals surface area (Å²) in [6, 6.07) is 6.56. The summed E-state index contributed by atoms with van der Waals surface area (Å²) in [7, 11) is 1.75. The summed E-state index contributed by atoms with van der Waals surface area (Å²) in [5.74, 6) is 1.56. The SMILES string of the molecule is COc1cc(C(C)C)ccc1CCC1(N)CC1. The lowest BCUT2D eigenvalue weighted by atomic mass is 9.97. The fourth-order valence-electron chi connectivity index (χ4n) is 2.12. The minimum absolute atomic E-state index is 0.127. The van der Waals surface area contributed by atoms with Gasteiger partial charge in [-0.1, -0.05) is 26.0 Å². The van der Waals surface area contributed by atoms with Crippen molar-refractivity contribution >= 4 is 0 Å². The van der Waals surface area contributed by atoms with Crippen LogP contribution in [0, 0.1) is 0 Å². The van der Waals surface area contributed by atoms with E-state index in [-0.39, 0.29) is 5.54 Å². The molecule has 17 heavy (non-hydrogen) atoms. The first-order chi connectivity index (χ1) is 8.04. The third kappa shape index (κ3) is 3.01. The highest BCUT2D eigenvalue weighted by Crippen LogP contribution is 2.37. The number of nitrogens with two attached hydrogens (primary N) is 1. The van der Waals surface area contributed by atoms with Gasteiger partial charge in [0.25, 0.3) is 0 Å². The zero-order valence-electron chi connectivity index (χ0n) is 11.1. The van der Waals surface area contributed by atoms with Crippen LogP contribution in [0.1, 0.15) is 50.2 Å². The van der Waals surface area contributed by atoms with Crippen LogP contribution in [0.5, 0.6) is 5.75 Å². The molecule has 0 heterocycles. The third-order valence-electron chi connectivity index (χ3n) is 3.76. The van der Waals surface area contributed by atoms with Crippen LogP contribution in [0.2, 0.25) is 0 Å². The van der Waals surface area contributed by atoms with E-state index in [0.29, 0.717) is 5.92 Å². The molecule has 0 bridgehead atoms. The van der Waals surface area contributed by atoms with Crippen LogP contribution >= 0.6 is 0 Å². The van der Waals surface area contributed by atoms with Crippen molar-refractivity contribution in [2.24, 2.45) is 5.73 Å². The fourth-order valence-corrected chi connectivity index (χ4v) is 2.12. The van der Waals surface area contributed by atoms with E-state index in [2.05, 4.69) is 32.0 Å². The van der Waals surface area contributed by atoms with E-state index in [9.17, 15) is 0 Å². The Morgan fingerprint density at radius 3 is 2.59 bits per heavy atom. The molecule has 0 aliphatic heterocycles. The number of ether oxygens (including phenoxy) is 1. The van der Waals surface area contributed by atoms with E-state index in [4.69, 9.17) is 10.5 Å². The highest BCUT2D eigenvalue weighted by Gasteiger charge is 2.37. The average Bonchev–Trinajstić information content (AvgIpc) is 3.05. The molecule has 1 fully saturated rings. The van der Waals surface area contributed by atoms with Gasteiger partial charge in [-0.2, -0.15) is 0 Å². The number of rotatable bonds is 5. The predicted molar refractivity (Wildman–Crippen MR) is 71.6 cm³/mol. The van der Waals surface area contributed by atoms with Crippen LogP contribution in [0.4, 0.5) is 0 Å². The molecule has 2 nitrogen and oxygen atoms in total. The van der Waals surface area contributed by atoms with Crippen molar-refractivity contribution < 1.29 is 4.74 Å². The van der Waals surface area contributed by atoms with Gasteiger partial charge in [0.05, 0.1) is 7.11 Å². The second-order valence-electron chi connectivity index (χ2n) is 5.59. The Morgan fingerprint density at radius 2 is 2.06 bits per heavy atom. The second-order valence-corrected chi connectivity index (χ2v) is 5.59. The number of aryl methyl sites for hydroxylation is 1. The van der Waals surface area contributed by atoms with E-state index < -0.39 is 0 Å². The zero-order chi connectivity index (χ0) is 12.5. The Morgan fingerprint density at radius 1 is 1.35 bits per heavy atom. The van der Waals surface area contributed by atoms with Crippen molar-refractivity contribution in [1.29, 1.82) is 0 Å². The third-order valence-corrected chi connectivity index (χ3v) is 3.76. The normalized spacial score (nSPS) is 17.2. The molecule has 0 atom stereocenters. The van der Waals surface area contributed by atoms with Crippen molar-refractivity contribution in [3.8, 4) is 5.75 Å². The molecule has 1 saturated carbocycles. The number of benzene rings is 1. The largest absolute Gasteiger partial charge is 0.496 e. The average molecular weight is 233 g/mol. The number of hydrogen-bond acceptors (Lipinski definition) is 2. The van der Waals surface area contributed by atoms with Crippen molar-refractivity contribution in [3.05, 3.63) is 29.3 Å². The van der Waals surface area contributed by atoms with Gasteiger partial charge in [0.2, 0.25) is 0 Å². The first-order valence-electron chi connectivity index (χ1n) is 6.50. The van der Waals surface area contributed by atoms with E-state index in [1.54, 1.807) is 7.11 Å². The summed E-state index contributed by atoms with van der Waals surface area (Å²) < 4.78 is 5.48. The lowest BCUT2D eigenvalue weighted by Crippen LogP contribution is -2.22. The van der Waals surface area contributed by atoms with Gasteiger partial charge in [-0.05, 0) is 48.8 Å². The van der Waals surface area contributed by atoms with Crippen molar-refractivity contribution in [3.63, 3.8) is 0 Å². The van der Waals surface area contributed by atoms with Crippen LogP contribution in [0.3, 0.4) is 0 Å². The highest BCUT2D eigenvalue weighted by molar-refractivity contribution is 5.39. The molecule has 1 aromatic rings. The molecule has 0 saturated heterocycles. The molecule has 0 aromatic heterocycles. The summed E-state index contributed by atoms with van der Waals surface area (Å²) in [6.07, 6.45) is 4.46.